The van der Waals surface area contributed by atoms with Crippen molar-refractivity contribution in [3.63, 3.8) is 0 Å². The van der Waals surface area contributed by atoms with E-state index in [9.17, 15) is 0 Å². The molecule has 5 nitrogen and oxygen atoms in total. The molecule has 2 aliphatic rings. The van der Waals surface area contributed by atoms with E-state index in [2.05, 4.69) is 10.1 Å². The number of ether oxygens (including phenoxy) is 2. The molecule has 2 aromatic rings. The van der Waals surface area contributed by atoms with Crippen molar-refractivity contribution in [3.8, 4) is 0 Å². The molecule has 1 spiro atoms. The molecule has 3 heterocycles. The van der Waals surface area contributed by atoms with Crippen LogP contribution in [0.4, 0.5) is 0 Å². The van der Waals surface area contributed by atoms with Crippen LogP contribution >= 0.6 is 11.6 Å². The van der Waals surface area contributed by atoms with Gasteiger partial charge in [-0.25, -0.2) is 9.50 Å². The fraction of sp³-hybridized carbons (Fsp3) is 0.538. The third kappa shape index (κ3) is 1.84. The zero-order valence-corrected chi connectivity index (χ0v) is 11.1. The molecule has 0 radical (unpaired) electrons. The normalized spacial score (nSPS) is 25.6. The molecule has 1 saturated heterocycles. The molecular weight excluding hydrogens is 266 g/mol. The van der Waals surface area contributed by atoms with E-state index in [4.69, 9.17) is 21.1 Å². The van der Waals surface area contributed by atoms with Crippen molar-refractivity contribution >= 4 is 17.2 Å². The molecule has 6 heteroatoms. The first kappa shape index (κ1) is 11.6. The smallest absolute Gasteiger partial charge is 0.169 e. The molecule has 1 atom stereocenters. The lowest BCUT2D eigenvalue weighted by Gasteiger charge is -2.21. The number of hydrogen-bond donors (Lipinski definition) is 0. The predicted octanol–water partition coefficient (Wildman–Crippen LogP) is 2.39. The van der Waals surface area contributed by atoms with Gasteiger partial charge in [-0.1, -0.05) is 11.6 Å². The van der Waals surface area contributed by atoms with Crippen LogP contribution in [0.25, 0.3) is 5.65 Å². The van der Waals surface area contributed by atoms with E-state index >= 15 is 0 Å². The van der Waals surface area contributed by atoms with Crippen molar-refractivity contribution in [1.82, 2.24) is 14.6 Å². The second-order valence-corrected chi connectivity index (χ2v) is 5.54. The molecule has 1 aliphatic heterocycles. The lowest BCUT2D eigenvalue weighted by Crippen LogP contribution is -2.25. The summed E-state index contributed by atoms with van der Waals surface area (Å²) >= 11 is 6.23. The summed E-state index contributed by atoms with van der Waals surface area (Å²) in [6.07, 6.45) is 4.52. The van der Waals surface area contributed by atoms with E-state index in [1.165, 1.54) is 0 Å². The van der Waals surface area contributed by atoms with Gasteiger partial charge in [0.2, 0.25) is 0 Å². The summed E-state index contributed by atoms with van der Waals surface area (Å²) in [6.45, 7) is 1.39. The minimum atomic E-state index is -0.370. The fourth-order valence-electron chi connectivity index (χ4n) is 3.09. The van der Waals surface area contributed by atoms with Crippen molar-refractivity contribution in [1.29, 1.82) is 0 Å². The zero-order valence-electron chi connectivity index (χ0n) is 10.4. The first-order valence-corrected chi connectivity index (χ1v) is 6.92. The highest BCUT2D eigenvalue weighted by Crippen LogP contribution is 2.45. The third-order valence-electron chi connectivity index (χ3n) is 4.00. The van der Waals surface area contributed by atoms with Gasteiger partial charge in [0, 0.05) is 30.5 Å². The van der Waals surface area contributed by atoms with Crippen LogP contribution in [0, 0.1) is 0 Å². The van der Waals surface area contributed by atoms with Crippen LogP contribution < -0.4 is 0 Å². The number of aromatic nitrogens is 3. The lowest BCUT2D eigenvalue weighted by atomic mass is 10.0. The van der Waals surface area contributed by atoms with Crippen LogP contribution in [0.1, 0.15) is 30.9 Å². The second kappa shape index (κ2) is 4.16. The maximum absolute atomic E-state index is 6.23. The van der Waals surface area contributed by atoms with Gasteiger partial charge in [-0.3, -0.25) is 0 Å². The Morgan fingerprint density at radius 3 is 3.05 bits per heavy atom. The minimum Gasteiger partial charge on any atom is -0.348 e. The van der Waals surface area contributed by atoms with Gasteiger partial charge in [0.25, 0.3) is 0 Å². The Balaban J connectivity index is 1.67. The average molecular weight is 280 g/mol. The van der Waals surface area contributed by atoms with E-state index in [1.54, 1.807) is 10.7 Å². The molecule has 19 heavy (non-hydrogen) atoms. The molecule has 0 bridgehead atoms. The van der Waals surface area contributed by atoms with Gasteiger partial charge >= 0.3 is 0 Å². The van der Waals surface area contributed by atoms with Crippen LogP contribution in [0.3, 0.4) is 0 Å². The van der Waals surface area contributed by atoms with E-state index in [0.29, 0.717) is 24.3 Å². The van der Waals surface area contributed by atoms with Gasteiger partial charge in [-0.05, 0) is 12.5 Å². The Morgan fingerprint density at radius 2 is 2.21 bits per heavy atom. The highest BCUT2D eigenvalue weighted by Gasteiger charge is 2.44. The maximum Gasteiger partial charge on any atom is 0.169 e. The molecule has 2 aromatic heterocycles. The monoisotopic (exact) mass is 279 g/mol. The molecule has 0 amide bonds. The van der Waals surface area contributed by atoms with Gasteiger partial charge in [-0.15, -0.1) is 0 Å². The molecule has 2 fully saturated rings. The highest BCUT2D eigenvalue weighted by molar-refractivity contribution is 6.29. The van der Waals surface area contributed by atoms with Crippen molar-refractivity contribution in [2.24, 2.45) is 0 Å². The van der Waals surface area contributed by atoms with Crippen molar-refractivity contribution in [2.75, 3.05) is 13.2 Å². The second-order valence-electron chi connectivity index (χ2n) is 5.15. The Hall–Kier alpha value is -1.17. The number of hydrogen-bond acceptors (Lipinski definition) is 4. The van der Waals surface area contributed by atoms with Crippen LogP contribution in [0.15, 0.2) is 18.3 Å². The van der Waals surface area contributed by atoms with Crippen LogP contribution in [-0.4, -0.2) is 33.6 Å². The minimum absolute atomic E-state index is 0.343. The van der Waals surface area contributed by atoms with Gasteiger partial charge in [0.1, 0.15) is 5.15 Å². The number of halogens is 1. The Morgan fingerprint density at radius 1 is 1.37 bits per heavy atom. The standard InChI is InChI=1S/C13H14ClN3O2/c14-11-7-10(16-12-2-4-15-17(11)12)9-1-3-13(8-9)18-5-6-19-13/h2,4,7,9H,1,3,5-6,8H2. The molecule has 100 valence electrons. The summed E-state index contributed by atoms with van der Waals surface area (Å²) in [5, 5.41) is 4.73. The van der Waals surface area contributed by atoms with Gasteiger partial charge in [0.05, 0.1) is 19.4 Å². The fourth-order valence-corrected chi connectivity index (χ4v) is 3.33. The number of nitrogens with zero attached hydrogens (tertiary/aromatic N) is 3. The molecule has 1 unspecified atom stereocenters. The van der Waals surface area contributed by atoms with Crippen LogP contribution in [0.2, 0.25) is 5.15 Å². The third-order valence-corrected chi connectivity index (χ3v) is 4.27. The molecule has 0 N–H and O–H groups in total. The summed E-state index contributed by atoms with van der Waals surface area (Å²) in [7, 11) is 0. The number of fused-ring (bicyclic) bond motifs is 1. The predicted molar refractivity (Wildman–Crippen MR) is 69.2 cm³/mol. The summed E-state index contributed by atoms with van der Waals surface area (Å²) in [6, 6.07) is 3.77. The van der Waals surface area contributed by atoms with Crippen molar-refractivity contribution in [3.05, 3.63) is 29.2 Å². The molecule has 0 aromatic carbocycles. The number of rotatable bonds is 1. The average Bonchev–Trinajstić information content (AvgIpc) is 3.12. The summed E-state index contributed by atoms with van der Waals surface area (Å²) in [5.41, 5.74) is 1.80. The summed E-state index contributed by atoms with van der Waals surface area (Å²) in [4.78, 5) is 4.64. The molecule has 1 aliphatic carbocycles. The van der Waals surface area contributed by atoms with Crippen LogP contribution in [-0.2, 0) is 9.47 Å². The van der Waals surface area contributed by atoms with Crippen LogP contribution in [0.5, 0.6) is 0 Å². The SMILES string of the molecule is Clc1cc(C2CCC3(C2)OCCO3)nc2ccnn12. The quantitative estimate of drug-likeness (QED) is 0.752. The lowest BCUT2D eigenvalue weighted by molar-refractivity contribution is -0.151. The molecular formula is C13H14ClN3O2. The first-order chi connectivity index (χ1) is 9.26. The first-order valence-electron chi connectivity index (χ1n) is 6.54. The van der Waals surface area contributed by atoms with E-state index < -0.39 is 0 Å². The maximum atomic E-state index is 6.23. The Kier molecular flexibility index (Phi) is 2.55. The van der Waals surface area contributed by atoms with E-state index in [1.807, 2.05) is 12.1 Å². The van der Waals surface area contributed by atoms with Gasteiger partial charge < -0.3 is 9.47 Å². The molecule has 1 saturated carbocycles. The topological polar surface area (TPSA) is 48.7 Å². The van der Waals surface area contributed by atoms with E-state index in [0.717, 1.165) is 30.6 Å². The molecule has 4 rings (SSSR count). The summed E-state index contributed by atoms with van der Waals surface area (Å²) < 4.78 is 13.1. The Labute approximate surface area is 115 Å². The van der Waals surface area contributed by atoms with Crippen molar-refractivity contribution in [2.45, 2.75) is 31.0 Å². The van der Waals surface area contributed by atoms with Gasteiger partial charge in [0.15, 0.2) is 11.4 Å². The van der Waals surface area contributed by atoms with E-state index in [-0.39, 0.29) is 5.79 Å². The Bertz CT molecular complexity index is 621. The largest absolute Gasteiger partial charge is 0.348 e. The summed E-state index contributed by atoms with van der Waals surface area (Å²) in [5.74, 6) is -0.0268. The van der Waals surface area contributed by atoms with Gasteiger partial charge in [-0.2, -0.15) is 5.10 Å². The van der Waals surface area contributed by atoms with Crippen molar-refractivity contribution < 1.29 is 9.47 Å². The zero-order chi connectivity index (χ0) is 12.9. The highest BCUT2D eigenvalue weighted by atomic mass is 35.5.